The zero-order valence-electron chi connectivity index (χ0n) is 12.5. The minimum atomic E-state index is -2.78. The van der Waals surface area contributed by atoms with Gasteiger partial charge >= 0.3 is 0 Å². The summed E-state index contributed by atoms with van der Waals surface area (Å²) in [5.74, 6) is 1.04. The molecule has 17 heavy (non-hydrogen) atoms. The van der Waals surface area contributed by atoms with Crippen LogP contribution in [0, 0.1) is 5.92 Å². The summed E-state index contributed by atoms with van der Waals surface area (Å²) in [5, 5.41) is 0. The molecule has 1 rings (SSSR count). The van der Waals surface area contributed by atoms with E-state index in [0.29, 0.717) is 12.3 Å². The second kappa shape index (κ2) is 11.0. The quantitative estimate of drug-likeness (QED) is 0.787. The van der Waals surface area contributed by atoms with Crippen LogP contribution < -0.4 is 0 Å². The minimum absolute atomic E-state index is 0.305. The van der Waals surface area contributed by atoms with E-state index >= 15 is 0 Å². The maximum atomic E-state index is 10.9. The fourth-order valence-electron chi connectivity index (χ4n) is 1.78. The Bertz CT molecular complexity index is 250. The topological polar surface area (TPSA) is 37.4 Å². The summed E-state index contributed by atoms with van der Waals surface area (Å²) in [5.41, 5.74) is 0. The van der Waals surface area contributed by atoms with Gasteiger partial charge in [0.1, 0.15) is 9.84 Å². The maximum absolute atomic E-state index is 10.9. The number of hydrogen-bond donors (Lipinski definition) is 0. The van der Waals surface area contributed by atoms with E-state index in [2.05, 4.69) is 11.8 Å². The van der Waals surface area contributed by atoms with E-state index in [0.717, 1.165) is 19.0 Å². The van der Waals surface area contributed by atoms with Crippen molar-refractivity contribution in [3.05, 3.63) is 0 Å². The Labute approximate surface area is 109 Å². The van der Waals surface area contributed by atoms with Crippen LogP contribution in [0.15, 0.2) is 0 Å². The van der Waals surface area contributed by atoms with Gasteiger partial charge in [0.25, 0.3) is 0 Å². The van der Waals surface area contributed by atoms with Gasteiger partial charge in [0, 0.05) is 19.3 Å². The van der Waals surface area contributed by atoms with Gasteiger partial charge in [-0.2, -0.15) is 0 Å². The summed E-state index contributed by atoms with van der Waals surface area (Å²) in [6.45, 7) is 13.1. The number of piperidine rings is 1. The zero-order valence-corrected chi connectivity index (χ0v) is 13.3. The van der Waals surface area contributed by atoms with Crippen molar-refractivity contribution in [3.63, 3.8) is 0 Å². The number of nitrogens with zero attached hydrogens (tertiary/aromatic N) is 1. The van der Waals surface area contributed by atoms with Gasteiger partial charge in [0.15, 0.2) is 0 Å². The minimum Gasteiger partial charge on any atom is -0.302 e. The summed E-state index contributed by atoms with van der Waals surface area (Å²) in [6, 6.07) is 0. The van der Waals surface area contributed by atoms with Gasteiger partial charge in [-0.1, -0.05) is 34.6 Å². The van der Waals surface area contributed by atoms with E-state index in [4.69, 9.17) is 0 Å². The molecular formula is C13H31NO2S. The van der Waals surface area contributed by atoms with Gasteiger partial charge in [0.2, 0.25) is 0 Å². The number of hydrogen-bond acceptors (Lipinski definition) is 3. The highest BCUT2D eigenvalue weighted by Gasteiger charge is 2.16. The standard InChI is InChI=1S/C9H19NO2S.2C2H6/c1-9-4-3-5-10(8-9)6-7-13(2,11)12;2*1-2/h9H,3-8H2,1-2H3;2*1-2H3. The Balaban J connectivity index is 0. The van der Waals surface area contributed by atoms with E-state index in [1.165, 1.54) is 19.1 Å². The molecule has 3 nitrogen and oxygen atoms in total. The van der Waals surface area contributed by atoms with Crippen molar-refractivity contribution < 1.29 is 8.42 Å². The first-order chi connectivity index (χ1) is 7.97. The van der Waals surface area contributed by atoms with Crippen LogP contribution in [0.5, 0.6) is 0 Å². The molecule has 4 heteroatoms. The first-order valence-corrected chi connectivity index (χ1v) is 8.93. The van der Waals surface area contributed by atoms with Gasteiger partial charge in [-0.15, -0.1) is 0 Å². The van der Waals surface area contributed by atoms with Crippen LogP contribution >= 0.6 is 0 Å². The fourth-order valence-corrected chi connectivity index (χ4v) is 2.37. The van der Waals surface area contributed by atoms with Gasteiger partial charge in [0.05, 0.1) is 5.75 Å². The Hall–Kier alpha value is -0.0900. The Morgan fingerprint density at radius 1 is 1.18 bits per heavy atom. The van der Waals surface area contributed by atoms with E-state index in [9.17, 15) is 8.42 Å². The molecule has 0 amide bonds. The smallest absolute Gasteiger partial charge is 0.148 e. The second-order valence-corrected chi connectivity index (χ2v) is 6.44. The van der Waals surface area contributed by atoms with Gasteiger partial charge < -0.3 is 4.90 Å². The predicted molar refractivity (Wildman–Crippen MR) is 77.2 cm³/mol. The highest BCUT2D eigenvalue weighted by Crippen LogP contribution is 2.14. The Morgan fingerprint density at radius 3 is 2.12 bits per heavy atom. The molecule has 1 fully saturated rings. The molecule has 106 valence electrons. The van der Waals surface area contributed by atoms with Crippen molar-refractivity contribution in [2.45, 2.75) is 47.5 Å². The molecular weight excluding hydrogens is 234 g/mol. The summed E-state index contributed by atoms with van der Waals surface area (Å²) in [7, 11) is -2.78. The Morgan fingerprint density at radius 2 is 1.71 bits per heavy atom. The highest BCUT2D eigenvalue weighted by atomic mass is 32.2. The van der Waals surface area contributed by atoms with Crippen LogP contribution in [0.1, 0.15) is 47.5 Å². The van der Waals surface area contributed by atoms with Crippen molar-refractivity contribution in [3.8, 4) is 0 Å². The molecule has 1 aliphatic rings. The van der Waals surface area contributed by atoms with E-state index in [-0.39, 0.29) is 0 Å². The summed E-state index contributed by atoms with van der Waals surface area (Å²) >= 11 is 0. The highest BCUT2D eigenvalue weighted by molar-refractivity contribution is 7.90. The lowest BCUT2D eigenvalue weighted by molar-refractivity contribution is 0.193. The summed E-state index contributed by atoms with van der Waals surface area (Å²) in [4.78, 5) is 2.26. The van der Waals surface area contributed by atoms with Gasteiger partial charge in [-0.3, -0.25) is 0 Å². The van der Waals surface area contributed by atoms with Crippen molar-refractivity contribution in [2.75, 3.05) is 31.6 Å². The molecule has 0 aliphatic carbocycles. The molecule has 0 N–H and O–H groups in total. The van der Waals surface area contributed by atoms with Crippen molar-refractivity contribution in [2.24, 2.45) is 5.92 Å². The maximum Gasteiger partial charge on any atom is 0.148 e. The summed E-state index contributed by atoms with van der Waals surface area (Å²) in [6.07, 6.45) is 3.81. The Kier molecular flexibility index (Phi) is 12.5. The summed E-state index contributed by atoms with van der Waals surface area (Å²) < 4.78 is 21.9. The normalized spacial score (nSPS) is 20.7. The SMILES string of the molecule is CC.CC.CC1CCCN(CCS(C)(=O)=O)C1. The van der Waals surface area contributed by atoms with E-state index < -0.39 is 9.84 Å². The van der Waals surface area contributed by atoms with Gasteiger partial charge in [-0.25, -0.2) is 8.42 Å². The van der Waals surface area contributed by atoms with Crippen LogP contribution in [0.2, 0.25) is 0 Å². The fraction of sp³-hybridized carbons (Fsp3) is 1.00. The third-order valence-electron chi connectivity index (χ3n) is 2.52. The molecule has 0 saturated carbocycles. The molecule has 0 spiro atoms. The van der Waals surface area contributed by atoms with Crippen LogP contribution in [0.4, 0.5) is 0 Å². The average molecular weight is 265 g/mol. The van der Waals surface area contributed by atoms with Crippen LogP contribution in [0.25, 0.3) is 0 Å². The molecule has 0 bridgehead atoms. The lowest BCUT2D eigenvalue weighted by atomic mass is 10.0. The number of likely N-dealkylation sites (tertiary alicyclic amines) is 1. The molecule has 1 saturated heterocycles. The molecule has 0 radical (unpaired) electrons. The molecule has 1 aliphatic heterocycles. The molecule has 0 aromatic rings. The van der Waals surface area contributed by atoms with Crippen LogP contribution in [-0.2, 0) is 9.84 Å². The van der Waals surface area contributed by atoms with E-state index in [1.54, 1.807) is 0 Å². The molecule has 1 unspecified atom stereocenters. The largest absolute Gasteiger partial charge is 0.302 e. The van der Waals surface area contributed by atoms with Crippen LogP contribution in [-0.4, -0.2) is 45.0 Å². The van der Waals surface area contributed by atoms with Crippen LogP contribution in [0.3, 0.4) is 0 Å². The first kappa shape index (κ1) is 19.3. The first-order valence-electron chi connectivity index (χ1n) is 6.87. The molecule has 0 aromatic heterocycles. The average Bonchev–Trinajstić information content (AvgIpc) is 2.31. The zero-order chi connectivity index (χ0) is 13.9. The predicted octanol–water partition coefficient (Wildman–Crippen LogP) is 2.82. The van der Waals surface area contributed by atoms with Crippen molar-refractivity contribution >= 4 is 9.84 Å². The third-order valence-corrected chi connectivity index (χ3v) is 3.44. The monoisotopic (exact) mass is 265 g/mol. The second-order valence-electron chi connectivity index (χ2n) is 4.18. The molecule has 1 heterocycles. The van der Waals surface area contributed by atoms with Gasteiger partial charge in [-0.05, 0) is 25.3 Å². The number of rotatable bonds is 3. The lowest BCUT2D eigenvalue weighted by Crippen LogP contribution is -2.37. The molecule has 0 aromatic carbocycles. The van der Waals surface area contributed by atoms with Crippen molar-refractivity contribution in [1.29, 1.82) is 0 Å². The lowest BCUT2D eigenvalue weighted by Gasteiger charge is -2.30. The van der Waals surface area contributed by atoms with Crippen molar-refractivity contribution in [1.82, 2.24) is 4.90 Å². The van der Waals surface area contributed by atoms with E-state index in [1.807, 2.05) is 27.7 Å². The third kappa shape index (κ3) is 12.2. The molecule has 1 atom stereocenters. The number of sulfone groups is 1.